The van der Waals surface area contributed by atoms with Gasteiger partial charge in [-0.2, -0.15) is 0 Å². The molecule has 0 saturated carbocycles. The molecule has 0 bridgehead atoms. The fourth-order valence-corrected chi connectivity index (χ4v) is 3.61. The molecule has 0 spiro atoms. The van der Waals surface area contributed by atoms with Gasteiger partial charge in [-0.15, -0.1) is 21.5 Å². The molecule has 4 rings (SSSR count). The van der Waals surface area contributed by atoms with E-state index in [0.29, 0.717) is 16.9 Å². The second kappa shape index (κ2) is 6.91. The Balaban J connectivity index is 1.80. The van der Waals surface area contributed by atoms with Crippen molar-refractivity contribution in [3.05, 3.63) is 47.9 Å². The Bertz CT molecular complexity index is 1090. The van der Waals surface area contributed by atoms with Gasteiger partial charge in [0.1, 0.15) is 11.5 Å². The maximum Gasteiger partial charge on any atom is 0.158 e. The van der Waals surface area contributed by atoms with Crippen molar-refractivity contribution < 1.29 is 14.6 Å². The van der Waals surface area contributed by atoms with E-state index in [1.165, 1.54) is 16.7 Å². The van der Waals surface area contributed by atoms with E-state index in [4.69, 9.17) is 5.11 Å². The van der Waals surface area contributed by atoms with Gasteiger partial charge in [0.15, 0.2) is 5.82 Å². The summed E-state index contributed by atoms with van der Waals surface area (Å²) in [6, 6.07) is 7.31. The van der Waals surface area contributed by atoms with Crippen LogP contribution in [0.5, 0.6) is 0 Å². The Hall–Kier alpha value is -2.68. The zero-order chi connectivity index (χ0) is 18.1. The number of anilines is 1. The van der Waals surface area contributed by atoms with Crippen LogP contribution in [0.25, 0.3) is 32.1 Å². The first-order chi connectivity index (χ1) is 12.7. The average molecular weight is 370 g/mol. The van der Waals surface area contributed by atoms with Crippen molar-refractivity contribution in [1.82, 2.24) is 15.2 Å². The molecule has 6 nitrogen and oxygen atoms in total. The van der Waals surface area contributed by atoms with E-state index in [2.05, 4.69) is 20.5 Å². The van der Waals surface area contributed by atoms with Crippen LogP contribution >= 0.6 is 11.3 Å². The first-order valence-electron chi connectivity index (χ1n) is 7.97. The molecule has 3 heterocycles. The smallest absolute Gasteiger partial charge is 0.158 e. The van der Waals surface area contributed by atoms with E-state index in [9.17, 15) is 9.50 Å². The Labute approximate surface area is 152 Å². The highest BCUT2D eigenvalue weighted by Gasteiger charge is 2.13. The van der Waals surface area contributed by atoms with Gasteiger partial charge in [-0.1, -0.05) is 6.07 Å². The van der Waals surface area contributed by atoms with Gasteiger partial charge in [0.2, 0.25) is 0 Å². The monoisotopic (exact) mass is 370 g/mol. The van der Waals surface area contributed by atoms with Crippen molar-refractivity contribution in [3.63, 3.8) is 0 Å². The van der Waals surface area contributed by atoms with Crippen LogP contribution in [0.4, 0.5) is 10.2 Å². The lowest BCUT2D eigenvalue weighted by molar-refractivity contribution is 0.105. The molecule has 0 saturated heterocycles. The minimum Gasteiger partial charge on any atom is -0.394 e. The van der Waals surface area contributed by atoms with Crippen molar-refractivity contribution >= 4 is 38.0 Å². The van der Waals surface area contributed by atoms with E-state index in [0.717, 1.165) is 21.0 Å². The SMILES string of the molecule is OC[C@@H](O)CNc1nnc(-c2ccc3c(F)csc3c2)c2ccncc12. The summed E-state index contributed by atoms with van der Waals surface area (Å²) in [4.78, 5) is 4.14. The molecule has 0 unspecified atom stereocenters. The molecule has 8 heteroatoms. The molecule has 0 aliphatic carbocycles. The summed E-state index contributed by atoms with van der Waals surface area (Å²) in [7, 11) is 0. The standard InChI is InChI=1S/C18H15FN4O2S/c19-15-9-26-16-5-10(1-2-13(15)16)17-12-3-4-20-7-14(12)18(23-22-17)21-6-11(25)8-24/h1-5,7,9,11,24-25H,6,8H2,(H,21,23)/t11-/m0/s1. The summed E-state index contributed by atoms with van der Waals surface area (Å²) in [5.74, 6) is 0.256. The van der Waals surface area contributed by atoms with Gasteiger partial charge in [0, 0.05) is 50.7 Å². The number of halogens is 1. The molecule has 0 amide bonds. The number of aliphatic hydroxyl groups is 2. The van der Waals surface area contributed by atoms with E-state index >= 15 is 0 Å². The summed E-state index contributed by atoms with van der Waals surface area (Å²) in [6.07, 6.45) is 2.45. The third-order valence-corrected chi connectivity index (χ3v) is 5.02. The third-order valence-electron chi connectivity index (χ3n) is 4.10. The predicted octanol–water partition coefficient (Wildman–Crippen LogP) is 2.81. The van der Waals surface area contributed by atoms with Gasteiger partial charge in [-0.3, -0.25) is 4.98 Å². The van der Waals surface area contributed by atoms with Gasteiger partial charge < -0.3 is 15.5 Å². The predicted molar refractivity (Wildman–Crippen MR) is 99.7 cm³/mol. The van der Waals surface area contributed by atoms with Crippen LogP contribution < -0.4 is 5.32 Å². The summed E-state index contributed by atoms with van der Waals surface area (Å²) in [6.45, 7) is -0.193. The van der Waals surface area contributed by atoms with Crippen molar-refractivity contribution in [3.8, 4) is 11.3 Å². The molecule has 3 aromatic heterocycles. The van der Waals surface area contributed by atoms with Gasteiger partial charge in [-0.25, -0.2) is 4.39 Å². The fraction of sp³-hybridized carbons (Fsp3) is 0.167. The van der Waals surface area contributed by atoms with Gasteiger partial charge in [0.05, 0.1) is 12.7 Å². The van der Waals surface area contributed by atoms with E-state index in [1.807, 2.05) is 18.2 Å². The van der Waals surface area contributed by atoms with Crippen molar-refractivity contribution in [2.45, 2.75) is 6.10 Å². The normalized spacial score (nSPS) is 12.6. The zero-order valence-electron chi connectivity index (χ0n) is 13.6. The van der Waals surface area contributed by atoms with E-state index in [-0.39, 0.29) is 19.0 Å². The molecule has 0 aliphatic heterocycles. The molecule has 4 aromatic rings. The summed E-state index contributed by atoms with van der Waals surface area (Å²) < 4.78 is 14.5. The Morgan fingerprint density at radius 3 is 2.88 bits per heavy atom. The largest absolute Gasteiger partial charge is 0.394 e. The number of benzene rings is 1. The summed E-state index contributed by atoms with van der Waals surface area (Å²) in [5, 5.41) is 33.6. The molecule has 132 valence electrons. The van der Waals surface area contributed by atoms with Crippen molar-refractivity contribution in [2.75, 3.05) is 18.5 Å². The van der Waals surface area contributed by atoms with Gasteiger partial charge in [0.25, 0.3) is 0 Å². The first kappa shape index (κ1) is 16.8. The quantitative estimate of drug-likeness (QED) is 0.500. The third kappa shape index (κ3) is 2.98. The van der Waals surface area contributed by atoms with Crippen molar-refractivity contribution in [1.29, 1.82) is 0 Å². The Morgan fingerprint density at radius 1 is 1.15 bits per heavy atom. The number of hydrogen-bond acceptors (Lipinski definition) is 7. The summed E-state index contributed by atoms with van der Waals surface area (Å²) >= 11 is 1.35. The number of thiophene rings is 1. The van der Waals surface area contributed by atoms with Gasteiger partial charge in [-0.05, 0) is 18.2 Å². The molecule has 0 radical (unpaired) electrons. The number of nitrogens with zero attached hydrogens (tertiary/aromatic N) is 3. The first-order valence-corrected chi connectivity index (χ1v) is 8.85. The van der Waals surface area contributed by atoms with Crippen LogP contribution in [0.2, 0.25) is 0 Å². The number of fused-ring (bicyclic) bond motifs is 2. The second-order valence-electron chi connectivity index (χ2n) is 5.83. The zero-order valence-corrected chi connectivity index (χ0v) is 14.4. The Kier molecular flexibility index (Phi) is 4.46. The van der Waals surface area contributed by atoms with Crippen LogP contribution in [-0.4, -0.2) is 44.7 Å². The number of rotatable bonds is 5. The molecular formula is C18H15FN4O2S. The fourth-order valence-electron chi connectivity index (χ4n) is 2.76. The Morgan fingerprint density at radius 2 is 2.04 bits per heavy atom. The van der Waals surface area contributed by atoms with Crippen LogP contribution in [0, 0.1) is 5.82 Å². The maximum atomic E-state index is 13.7. The topological polar surface area (TPSA) is 91.2 Å². The number of aromatic nitrogens is 3. The average Bonchev–Trinajstić information content (AvgIpc) is 3.06. The number of aliphatic hydroxyl groups excluding tert-OH is 2. The maximum absolute atomic E-state index is 13.7. The van der Waals surface area contributed by atoms with Crippen LogP contribution in [0.15, 0.2) is 42.0 Å². The second-order valence-corrected chi connectivity index (χ2v) is 6.74. The van der Waals surface area contributed by atoms with E-state index < -0.39 is 6.10 Å². The van der Waals surface area contributed by atoms with Crippen LogP contribution in [0.1, 0.15) is 0 Å². The lowest BCUT2D eigenvalue weighted by atomic mass is 10.1. The lowest BCUT2D eigenvalue weighted by Gasteiger charge is -2.12. The van der Waals surface area contributed by atoms with E-state index in [1.54, 1.807) is 18.5 Å². The van der Waals surface area contributed by atoms with Crippen LogP contribution in [-0.2, 0) is 0 Å². The highest BCUT2D eigenvalue weighted by molar-refractivity contribution is 7.17. The van der Waals surface area contributed by atoms with Crippen LogP contribution in [0.3, 0.4) is 0 Å². The lowest BCUT2D eigenvalue weighted by Crippen LogP contribution is -2.23. The molecule has 1 atom stereocenters. The molecule has 26 heavy (non-hydrogen) atoms. The van der Waals surface area contributed by atoms with Crippen molar-refractivity contribution in [2.24, 2.45) is 0 Å². The molecule has 0 fully saturated rings. The number of hydrogen-bond donors (Lipinski definition) is 3. The summed E-state index contributed by atoms with van der Waals surface area (Å²) in [5.41, 5.74) is 1.51. The minimum absolute atomic E-state index is 0.148. The minimum atomic E-state index is -0.890. The molecule has 3 N–H and O–H groups in total. The molecule has 1 aromatic carbocycles. The number of pyridine rings is 1. The molecule has 0 aliphatic rings. The highest BCUT2D eigenvalue weighted by Crippen LogP contribution is 2.33. The van der Waals surface area contributed by atoms with Gasteiger partial charge >= 0.3 is 0 Å². The number of nitrogens with one attached hydrogen (secondary N) is 1. The highest BCUT2D eigenvalue weighted by atomic mass is 32.1. The molecular weight excluding hydrogens is 355 g/mol.